The van der Waals surface area contributed by atoms with Gasteiger partial charge >= 0.3 is 0 Å². The molecule has 3 aromatic rings. The molecule has 0 atom stereocenters. The first-order chi connectivity index (χ1) is 14.6. The summed E-state index contributed by atoms with van der Waals surface area (Å²) >= 11 is 6.10. The number of halogens is 1. The molecule has 30 heavy (non-hydrogen) atoms. The minimum absolute atomic E-state index is 0.184. The Bertz CT molecular complexity index is 1110. The number of rotatable bonds is 4. The SMILES string of the molecule is O=C1c2ccccc2C(=O)N1CCN1CCN(c2ccnc3cc(Cl)ccc23)CC1. The molecule has 0 spiro atoms. The van der Waals surface area contributed by atoms with Crippen LogP contribution in [-0.4, -0.2) is 65.9 Å². The van der Waals surface area contributed by atoms with Gasteiger partial charge in [-0.1, -0.05) is 23.7 Å². The lowest BCUT2D eigenvalue weighted by molar-refractivity contribution is 0.0635. The van der Waals surface area contributed by atoms with Crippen LogP contribution in [0.4, 0.5) is 5.69 Å². The molecule has 1 saturated heterocycles. The normalized spacial score (nSPS) is 17.1. The van der Waals surface area contributed by atoms with Crippen molar-refractivity contribution in [2.24, 2.45) is 0 Å². The Balaban J connectivity index is 1.22. The van der Waals surface area contributed by atoms with Gasteiger partial charge in [-0.15, -0.1) is 0 Å². The fraction of sp³-hybridized carbons (Fsp3) is 0.261. The zero-order valence-corrected chi connectivity index (χ0v) is 17.2. The first kappa shape index (κ1) is 19.0. The summed E-state index contributed by atoms with van der Waals surface area (Å²) in [6.45, 7) is 4.61. The van der Waals surface area contributed by atoms with Crippen LogP contribution in [-0.2, 0) is 0 Å². The topological polar surface area (TPSA) is 56.8 Å². The van der Waals surface area contributed by atoms with E-state index in [9.17, 15) is 9.59 Å². The molecule has 0 saturated carbocycles. The Hall–Kier alpha value is -2.96. The van der Waals surface area contributed by atoms with E-state index in [0.29, 0.717) is 29.2 Å². The zero-order valence-electron chi connectivity index (χ0n) is 16.4. The second-order valence-electron chi connectivity index (χ2n) is 7.63. The first-order valence-corrected chi connectivity index (χ1v) is 10.5. The molecule has 6 nitrogen and oxygen atoms in total. The van der Waals surface area contributed by atoms with Crippen LogP contribution in [0.1, 0.15) is 20.7 Å². The average Bonchev–Trinajstić information content (AvgIpc) is 3.02. The van der Waals surface area contributed by atoms with Gasteiger partial charge in [0.05, 0.1) is 16.6 Å². The van der Waals surface area contributed by atoms with Crippen LogP contribution in [0.2, 0.25) is 5.02 Å². The molecule has 5 rings (SSSR count). The van der Waals surface area contributed by atoms with Crippen molar-refractivity contribution in [3.05, 3.63) is 70.9 Å². The number of carbonyl (C=O) groups excluding carboxylic acids is 2. The van der Waals surface area contributed by atoms with Crippen molar-refractivity contribution < 1.29 is 9.59 Å². The van der Waals surface area contributed by atoms with Gasteiger partial charge in [-0.3, -0.25) is 24.4 Å². The molecule has 0 N–H and O–H groups in total. The summed E-state index contributed by atoms with van der Waals surface area (Å²) in [6.07, 6.45) is 1.82. The van der Waals surface area contributed by atoms with E-state index in [0.717, 1.165) is 42.8 Å². The maximum atomic E-state index is 12.5. The summed E-state index contributed by atoms with van der Waals surface area (Å²) < 4.78 is 0. The fourth-order valence-corrected chi connectivity index (χ4v) is 4.44. The van der Waals surface area contributed by atoms with Gasteiger partial charge in [-0.2, -0.15) is 0 Å². The summed E-state index contributed by atoms with van der Waals surface area (Å²) in [5, 5.41) is 1.78. The maximum absolute atomic E-state index is 12.5. The van der Waals surface area contributed by atoms with Crippen LogP contribution in [0.3, 0.4) is 0 Å². The Morgan fingerprint density at radius 1 is 0.867 bits per heavy atom. The van der Waals surface area contributed by atoms with Crippen LogP contribution in [0.15, 0.2) is 54.7 Å². The van der Waals surface area contributed by atoms with E-state index >= 15 is 0 Å². The molecule has 2 aromatic carbocycles. The second kappa shape index (κ2) is 7.70. The fourth-order valence-electron chi connectivity index (χ4n) is 4.28. The summed E-state index contributed by atoms with van der Waals surface area (Å²) in [5.74, 6) is -0.368. The van der Waals surface area contributed by atoms with E-state index in [2.05, 4.69) is 14.8 Å². The van der Waals surface area contributed by atoms with Gasteiger partial charge in [0.1, 0.15) is 0 Å². The maximum Gasteiger partial charge on any atom is 0.261 e. The Kier molecular flexibility index (Phi) is 4.89. The van der Waals surface area contributed by atoms with Gasteiger partial charge in [-0.05, 0) is 36.4 Å². The third kappa shape index (κ3) is 3.32. The molecular formula is C23H21ClN4O2. The highest BCUT2D eigenvalue weighted by molar-refractivity contribution is 6.31. The third-order valence-electron chi connectivity index (χ3n) is 5.91. The number of hydrogen-bond donors (Lipinski definition) is 0. The lowest BCUT2D eigenvalue weighted by Gasteiger charge is -2.37. The van der Waals surface area contributed by atoms with Crippen LogP contribution < -0.4 is 4.90 Å². The van der Waals surface area contributed by atoms with Crippen LogP contribution in [0, 0.1) is 0 Å². The molecule has 0 unspecified atom stereocenters. The van der Waals surface area contributed by atoms with Crippen LogP contribution >= 0.6 is 11.6 Å². The Morgan fingerprint density at radius 3 is 2.27 bits per heavy atom. The first-order valence-electron chi connectivity index (χ1n) is 10.1. The smallest absolute Gasteiger partial charge is 0.261 e. The average molecular weight is 421 g/mol. The van der Waals surface area contributed by atoms with Crippen molar-refractivity contribution in [3.8, 4) is 0 Å². The molecular weight excluding hydrogens is 400 g/mol. The molecule has 1 fully saturated rings. The highest BCUT2D eigenvalue weighted by atomic mass is 35.5. The number of nitrogens with zero attached hydrogens (tertiary/aromatic N) is 4. The third-order valence-corrected chi connectivity index (χ3v) is 6.15. The van der Waals surface area contributed by atoms with E-state index < -0.39 is 0 Å². The van der Waals surface area contributed by atoms with Gasteiger partial charge in [0.2, 0.25) is 0 Å². The number of anilines is 1. The zero-order chi connectivity index (χ0) is 20.7. The lowest BCUT2D eigenvalue weighted by Crippen LogP contribution is -2.49. The molecule has 2 aliphatic rings. The summed E-state index contributed by atoms with van der Waals surface area (Å²) in [6, 6.07) is 14.9. The summed E-state index contributed by atoms with van der Waals surface area (Å²) in [7, 11) is 0. The van der Waals surface area contributed by atoms with Gasteiger partial charge in [-0.25, -0.2) is 0 Å². The number of pyridine rings is 1. The largest absolute Gasteiger partial charge is 0.368 e. The molecule has 0 aliphatic carbocycles. The van der Waals surface area contributed by atoms with Gasteiger partial charge in [0.15, 0.2) is 0 Å². The van der Waals surface area contributed by atoms with Crippen molar-refractivity contribution in [2.45, 2.75) is 0 Å². The number of fused-ring (bicyclic) bond motifs is 2. The molecule has 7 heteroatoms. The minimum Gasteiger partial charge on any atom is -0.368 e. The van der Waals surface area contributed by atoms with Crippen molar-refractivity contribution in [3.63, 3.8) is 0 Å². The minimum atomic E-state index is -0.184. The van der Waals surface area contributed by atoms with Crippen molar-refractivity contribution >= 4 is 40.0 Å². The van der Waals surface area contributed by atoms with E-state index in [-0.39, 0.29) is 11.8 Å². The quantitative estimate of drug-likeness (QED) is 0.606. The standard InChI is InChI=1S/C23H21ClN4O2/c24-16-5-6-19-20(15-16)25-8-7-21(19)27-12-9-26(10-13-27)11-14-28-22(29)17-3-1-2-4-18(17)23(28)30/h1-8,15H,9-14H2. The number of piperazine rings is 1. The van der Waals surface area contributed by atoms with Crippen LogP contribution in [0.25, 0.3) is 10.9 Å². The van der Waals surface area contributed by atoms with Crippen molar-refractivity contribution in [2.75, 3.05) is 44.2 Å². The van der Waals surface area contributed by atoms with E-state index in [4.69, 9.17) is 11.6 Å². The number of amides is 2. The lowest BCUT2D eigenvalue weighted by atomic mass is 10.1. The summed E-state index contributed by atoms with van der Waals surface area (Å²) in [4.78, 5) is 35.5. The predicted octanol–water partition coefficient (Wildman–Crippen LogP) is 3.31. The van der Waals surface area contributed by atoms with Crippen molar-refractivity contribution in [1.29, 1.82) is 0 Å². The highest BCUT2D eigenvalue weighted by Gasteiger charge is 2.35. The number of benzene rings is 2. The Labute approximate surface area is 179 Å². The predicted molar refractivity (Wildman–Crippen MR) is 117 cm³/mol. The van der Waals surface area contributed by atoms with E-state index in [1.165, 1.54) is 4.90 Å². The van der Waals surface area contributed by atoms with Gasteiger partial charge < -0.3 is 4.90 Å². The van der Waals surface area contributed by atoms with Gasteiger partial charge in [0.25, 0.3) is 11.8 Å². The molecule has 152 valence electrons. The summed E-state index contributed by atoms with van der Waals surface area (Å²) in [5.41, 5.74) is 3.08. The molecule has 0 radical (unpaired) electrons. The molecule has 2 amide bonds. The molecule has 1 aromatic heterocycles. The number of aromatic nitrogens is 1. The van der Waals surface area contributed by atoms with E-state index in [1.54, 1.807) is 24.3 Å². The van der Waals surface area contributed by atoms with Crippen molar-refractivity contribution in [1.82, 2.24) is 14.8 Å². The van der Waals surface area contributed by atoms with Gasteiger partial charge in [0, 0.05) is 61.6 Å². The number of imide groups is 1. The highest BCUT2D eigenvalue weighted by Crippen LogP contribution is 2.28. The molecule has 0 bridgehead atoms. The molecule has 3 heterocycles. The Morgan fingerprint density at radius 2 is 1.57 bits per heavy atom. The van der Waals surface area contributed by atoms with Crippen LogP contribution in [0.5, 0.6) is 0 Å². The molecule has 2 aliphatic heterocycles. The number of carbonyl (C=O) groups is 2. The second-order valence-corrected chi connectivity index (χ2v) is 8.06. The number of hydrogen-bond acceptors (Lipinski definition) is 5. The monoisotopic (exact) mass is 420 g/mol. The van der Waals surface area contributed by atoms with E-state index in [1.807, 2.05) is 30.5 Å².